The summed E-state index contributed by atoms with van der Waals surface area (Å²) in [5.41, 5.74) is 1.60. The average Bonchev–Trinajstić information content (AvgIpc) is 2.61. The van der Waals surface area contributed by atoms with E-state index in [1.165, 1.54) is 0 Å². The third-order valence-electron chi connectivity index (χ3n) is 4.42. The molecule has 5 heteroatoms. The molecule has 0 fully saturated rings. The number of hydrogen-bond acceptors (Lipinski definition) is 2. The Kier molecular flexibility index (Phi) is 5.55. The first-order chi connectivity index (χ1) is 12.4. The zero-order valence-corrected chi connectivity index (χ0v) is 15.2. The van der Waals surface area contributed by atoms with Gasteiger partial charge in [-0.1, -0.05) is 72.8 Å². The maximum absolute atomic E-state index is 12.6. The Morgan fingerprint density at radius 1 is 0.885 bits per heavy atom. The first-order valence-corrected chi connectivity index (χ1v) is 10.5. The number of carboxylic acid groups (broad SMARTS) is 1. The molecule has 0 aliphatic carbocycles. The topological polar surface area (TPSA) is 74.6 Å². The summed E-state index contributed by atoms with van der Waals surface area (Å²) in [6.45, 7) is 0. The Hall–Kier alpha value is -2.42. The van der Waals surface area contributed by atoms with Crippen LogP contribution in [0.15, 0.2) is 72.8 Å². The van der Waals surface area contributed by atoms with E-state index in [1.54, 1.807) is 24.3 Å². The van der Waals surface area contributed by atoms with E-state index in [9.17, 15) is 19.4 Å². The summed E-state index contributed by atoms with van der Waals surface area (Å²) in [7, 11) is -3.59. The number of aliphatic carboxylic acids is 1. The second-order valence-corrected chi connectivity index (χ2v) is 8.97. The van der Waals surface area contributed by atoms with Crippen LogP contribution >= 0.6 is 7.37 Å². The summed E-state index contributed by atoms with van der Waals surface area (Å²) in [5, 5.41) is 11.7. The number of fused-ring (bicyclic) bond motifs is 1. The number of carboxylic acids is 1. The van der Waals surface area contributed by atoms with Crippen LogP contribution in [0.25, 0.3) is 10.8 Å². The molecule has 26 heavy (non-hydrogen) atoms. The van der Waals surface area contributed by atoms with Crippen molar-refractivity contribution < 1.29 is 19.4 Å². The minimum absolute atomic E-state index is 0.00462. The molecule has 0 aliphatic heterocycles. The predicted molar refractivity (Wildman–Crippen MR) is 104 cm³/mol. The van der Waals surface area contributed by atoms with Crippen molar-refractivity contribution in [3.05, 3.63) is 83.9 Å². The Morgan fingerprint density at radius 2 is 1.54 bits per heavy atom. The van der Waals surface area contributed by atoms with Crippen molar-refractivity contribution in [1.82, 2.24) is 0 Å². The van der Waals surface area contributed by atoms with E-state index in [0.717, 1.165) is 21.9 Å². The molecule has 0 aromatic heterocycles. The zero-order valence-electron chi connectivity index (χ0n) is 14.3. The third-order valence-corrected chi connectivity index (χ3v) is 6.29. The summed E-state index contributed by atoms with van der Waals surface area (Å²) < 4.78 is 12.6. The maximum Gasteiger partial charge on any atom is 0.307 e. The Labute approximate surface area is 152 Å². The summed E-state index contributed by atoms with van der Waals surface area (Å²) in [6.07, 6.45) is -0.00109. The molecule has 0 bridgehead atoms. The highest BCUT2D eigenvalue weighted by atomic mass is 31.2. The van der Waals surface area contributed by atoms with Gasteiger partial charge in [0.25, 0.3) is 0 Å². The second kappa shape index (κ2) is 7.86. The van der Waals surface area contributed by atoms with Gasteiger partial charge in [0.05, 0.1) is 5.92 Å². The van der Waals surface area contributed by atoms with Gasteiger partial charge in [-0.05, 0) is 28.3 Å². The van der Waals surface area contributed by atoms with E-state index in [1.807, 2.05) is 48.5 Å². The van der Waals surface area contributed by atoms with Crippen molar-refractivity contribution in [1.29, 1.82) is 0 Å². The van der Waals surface area contributed by atoms with Gasteiger partial charge in [-0.15, -0.1) is 0 Å². The van der Waals surface area contributed by atoms with Gasteiger partial charge in [0.15, 0.2) is 0 Å². The molecule has 0 spiro atoms. The standard InChI is InChI=1S/C21H21O4P/c22-21(23)20(15-26(24,25)14-16-6-2-1-3-7-16)13-17-10-11-18-8-4-5-9-19(18)12-17/h1-12,20H,13-15H2,(H,22,23)(H,24,25). The van der Waals surface area contributed by atoms with E-state index < -0.39 is 19.3 Å². The van der Waals surface area contributed by atoms with Crippen LogP contribution < -0.4 is 0 Å². The highest BCUT2D eigenvalue weighted by Crippen LogP contribution is 2.46. The molecule has 0 aliphatic rings. The highest BCUT2D eigenvalue weighted by Gasteiger charge is 2.29. The van der Waals surface area contributed by atoms with Gasteiger partial charge in [-0.2, -0.15) is 0 Å². The van der Waals surface area contributed by atoms with Gasteiger partial charge in [0.2, 0.25) is 7.37 Å². The van der Waals surface area contributed by atoms with Gasteiger partial charge in [0, 0.05) is 12.3 Å². The monoisotopic (exact) mass is 368 g/mol. The lowest BCUT2D eigenvalue weighted by Gasteiger charge is -2.18. The minimum Gasteiger partial charge on any atom is -0.481 e. The summed E-state index contributed by atoms with van der Waals surface area (Å²) in [5.74, 6) is -1.93. The number of carbonyl (C=O) groups is 1. The van der Waals surface area contributed by atoms with Crippen LogP contribution in [0.5, 0.6) is 0 Å². The Bertz CT molecular complexity index is 952. The fraction of sp³-hybridized carbons (Fsp3) is 0.190. The van der Waals surface area contributed by atoms with Crippen molar-refractivity contribution in [2.75, 3.05) is 6.16 Å². The number of hydrogen-bond donors (Lipinski definition) is 2. The van der Waals surface area contributed by atoms with Crippen LogP contribution in [-0.4, -0.2) is 22.1 Å². The second-order valence-electron chi connectivity index (χ2n) is 6.59. The molecule has 0 saturated heterocycles. The number of benzene rings is 3. The molecule has 2 atom stereocenters. The van der Waals surface area contributed by atoms with Crippen LogP contribution in [-0.2, 0) is 21.9 Å². The first kappa shape index (κ1) is 18.4. The van der Waals surface area contributed by atoms with E-state index >= 15 is 0 Å². The minimum atomic E-state index is -3.59. The van der Waals surface area contributed by atoms with Crippen LogP contribution in [0, 0.1) is 5.92 Å². The average molecular weight is 368 g/mol. The fourth-order valence-corrected chi connectivity index (χ4v) is 5.04. The summed E-state index contributed by atoms with van der Waals surface area (Å²) in [4.78, 5) is 22.0. The lowest BCUT2D eigenvalue weighted by atomic mass is 9.98. The van der Waals surface area contributed by atoms with Crippen molar-refractivity contribution in [3.63, 3.8) is 0 Å². The predicted octanol–water partition coefficient (Wildman–Crippen LogP) is 4.55. The molecule has 4 nitrogen and oxygen atoms in total. The molecule has 3 aromatic carbocycles. The molecule has 0 amide bonds. The highest BCUT2D eigenvalue weighted by molar-refractivity contribution is 7.57. The van der Waals surface area contributed by atoms with Gasteiger partial charge >= 0.3 is 5.97 Å². The molecule has 0 saturated carbocycles. The van der Waals surface area contributed by atoms with Crippen molar-refractivity contribution >= 4 is 24.1 Å². The Balaban J connectivity index is 1.75. The van der Waals surface area contributed by atoms with Crippen LogP contribution in [0.1, 0.15) is 11.1 Å². The largest absolute Gasteiger partial charge is 0.481 e. The van der Waals surface area contributed by atoms with Gasteiger partial charge < -0.3 is 10.00 Å². The fourth-order valence-electron chi connectivity index (χ4n) is 3.16. The van der Waals surface area contributed by atoms with E-state index in [2.05, 4.69) is 0 Å². The molecular formula is C21H21O4P. The van der Waals surface area contributed by atoms with E-state index in [-0.39, 0.29) is 18.7 Å². The van der Waals surface area contributed by atoms with Crippen molar-refractivity contribution in [2.24, 2.45) is 5.92 Å². The quantitative estimate of drug-likeness (QED) is 0.600. The van der Waals surface area contributed by atoms with Gasteiger partial charge in [0.1, 0.15) is 0 Å². The van der Waals surface area contributed by atoms with Crippen molar-refractivity contribution in [2.45, 2.75) is 12.6 Å². The number of rotatable bonds is 7. The molecule has 3 rings (SSSR count). The maximum atomic E-state index is 12.6. The summed E-state index contributed by atoms with van der Waals surface area (Å²) in [6, 6.07) is 22.6. The van der Waals surface area contributed by atoms with Crippen LogP contribution in [0.3, 0.4) is 0 Å². The normalized spacial score (nSPS) is 14.7. The summed E-state index contributed by atoms with van der Waals surface area (Å²) >= 11 is 0. The molecule has 0 radical (unpaired) electrons. The van der Waals surface area contributed by atoms with Gasteiger partial charge in [-0.3, -0.25) is 9.36 Å². The molecule has 3 aromatic rings. The molecule has 134 valence electrons. The van der Waals surface area contributed by atoms with E-state index in [0.29, 0.717) is 0 Å². The molecule has 2 unspecified atom stereocenters. The smallest absolute Gasteiger partial charge is 0.307 e. The van der Waals surface area contributed by atoms with E-state index in [4.69, 9.17) is 0 Å². The lowest BCUT2D eigenvalue weighted by Crippen LogP contribution is -2.21. The molecule has 0 heterocycles. The van der Waals surface area contributed by atoms with Gasteiger partial charge in [-0.25, -0.2) is 0 Å². The lowest BCUT2D eigenvalue weighted by molar-refractivity contribution is -0.141. The first-order valence-electron chi connectivity index (χ1n) is 8.48. The SMILES string of the molecule is O=C(O)C(Cc1ccc2ccccc2c1)CP(=O)(O)Cc1ccccc1. The molecular weight excluding hydrogens is 347 g/mol. The van der Waals surface area contributed by atoms with Crippen molar-refractivity contribution in [3.8, 4) is 0 Å². The van der Waals surface area contributed by atoms with Crippen LogP contribution in [0.4, 0.5) is 0 Å². The third kappa shape index (κ3) is 4.81. The molecule has 2 N–H and O–H groups in total. The van der Waals surface area contributed by atoms with Crippen LogP contribution in [0.2, 0.25) is 0 Å². The Morgan fingerprint density at radius 3 is 2.23 bits per heavy atom. The zero-order chi connectivity index (χ0) is 18.6.